The molecule has 0 bridgehead atoms. The van der Waals surface area contributed by atoms with Gasteiger partial charge in [0.05, 0.1) is 18.5 Å². The van der Waals surface area contributed by atoms with Crippen LogP contribution in [-0.2, 0) is 11.3 Å². The molecule has 36 heavy (non-hydrogen) atoms. The van der Waals surface area contributed by atoms with E-state index in [9.17, 15) is 4.79 Å². The van der Waals surface area contributed by atoms with Crippen molar-refractivity contribution in [3.8, 4) is 11.4 Å². The van der Waals surface area contributed by atoms with Gasteiger partial charge in [-0.2, -0.15) is 4.98 Å². The standard InChI is InChI=1S/C28H34BrN5O2/c1-20(21-10-12-25(13-11-21)34-15-3-2-4-16-34)30-28(35)23-8-6-14-33(18-23)19-26-31-27(32-36-26)22-7-5-9-24(29)17-22/h5,7,9-13,17,20,23H,2-4,6,8,14-16,18-19H2,1H3,(H,30,35). The highest BCUT2D eigenvalue weighted by atomic mass is 79.9. The van der Waals surface area contributed by atoms with E-state index in [1.54, 1.807) is 0 Å². The summed E-state index contributed by atoms with van der Waals surface area (Å²) in [5.41, 5.74) is 3.33. The summed E-state index contributed by atoms with van der Waals surface area (Å²) < 4.78 is 6.49. The van der Waals surface area contributed by atoms with Gasteiger partial charge in [0.15, 0.2) is 0 Å². The second-order valence-corrected chi connectivity index (χ2v) is 10.9. The molecule has 190 valence electrons. The minimum Gasteiger partial charge on any atom is -0.372 e. The first-order chi connectivity index (χ1) is 17.5. The second kappa shape index (κ2) is 11.6. The molecule has 3 heterocycles. The Morgan fingerprint density at radius 2 is 1.92 bits per heavy atom. The van der Waals surface area contributed by atoms with Gasteiger partial charge < -0.3 is 14.7 Å². The van der Waals surface area contributed by atoms with Crippen molar-refractivity contribution in [1.29, 1.82) is 0 Å². The van der Waals surface area contributed by atoms with E-state index in [1.165, 1.54) is 24.9 Å². The molecule has 2 aliphatic rings. The van der Waals surface area contributed by atoms with Crippen LogP contribution < -0.4 is 10.2 Å². The Hall–Kier alpha value is -2.71. The number of nitrogens with zero attached hydrogens (tertiary/aromatic N) is 4. The highest BCUT2D eigenvalue weighted by Crippen LogP contribution is 2.25. The molecule has 3 aromatic rings. The Morgan fingerprint density at radius 3 is 2.69 bits per heavy atom. The Bertz CT molecular complexity index is 1160. The van der Waals surface area contributed by atoms with Gasteiger partial charge in [0.25, 0.3) is 0 Å². The Morgan fingerprint density at radius 1 is 1.11 bits per heavy atom. The summed E-state index contributed by atoms with van der Waals surface area (Å²) in [5, 5.41) is 7.39. The molecule has 2 atom stereocenters. The molecule has 2 saturated heterocycles. The van der Waals surface area contributed by atoms with Crippen LogP contribution in [0.5, 0.6) is 0 Å². The van der Waals surface area contributed by atoms with E-state index >= 15 is 0 Å². The van der Waals surface area contributed by atoms with Crippen molar-refractivity contribution in [2.45, 2.75) is 51.6 Å². The van der Waals surface area contributed by atoms with Crippen LogP contribution in [0.3, 0.4) is 0 Å². The summed E-state index contributed by atoms with van der Waals surface area (Å²) in [7, 11) is 0. The van der Waals surface area contributed by atoms with Gasteiger partial charge in [0, 0.05) is 35.4 Å². The summed E-state index contributed by atoms with van der Waals surface area (Å²) >= 11 is 3.48. The lowest BCUT2D eigenvalue weighted by atomic mass is 9.96. The number of nitrogens with one attached hydrogen (secondary N) is 1. The number of aromatic nitrogens is 2. The van der Waals surface area contributed by atoms with Crippen LogP contribution in [0.4, 0.5) is 5.69 Å². The van der Waals surface area contributed by atoms with Crippen LogP contribution in [0.1, 0.15) is 56.5 Å². The summed E-state index contributed by atoms with van der Waals surface area (Å²) in [4.78, 5) is 22.4. The number of amides is 1. The smallest absolute Gasteiger partial charge is 0.241 e. The van der Waals surface area contributed by atoms with Crippen LogP contribution in [0.25, 0.3) is 11.4 Å². The highest BCUT2D eigenvalue weighted by Gasteiger charge is 2.28. The van der Waals surface area contributed by atoms with Crippen LogP contribution >= 0.6 is 15.9 Å². The van der Waals surface area contributed by atoms with Gasteiger partial charge in [-0.3, -0.25) is 9.69 Å². The molecule has 2 unspecified atom stereocenters. The zero-order valence-electron chi connectivity index (χ0n) is 20.8. The average Bonchev–Trinajstić information content (AvgIpc) is 3.38. The van der Waals surface area contributed by atoms with Crippen molar-refractivity contribution in [1.82, 2.24) is 20.4 Å². The maximum absolute atomic E-state index is 13.1. The van der Waals surface area contributed by atoms with Gasteiger partial charge in [0.2, 0.25) is 17.6 Å². The predicted molar refractivity (Wildman–Crippen MR) is 144 cm³/mol. The number of carbonyl (C=O) groups is 1. The maximum Gasteiger partial charge on any atom is 0.241 e. The molecule has 5 rings (SSSR count). The molecule has 8 heteroatoms. The lowest BCUT2D eigenvalue weighted by molar-refractivity contribution is -0.127. The number of piperidine rings is 2. The molecule has 1 aromatic heterocycles. The molecule has 2 aromatic carbocycles. The van der Waals surface area contributed by atoms with Crippen LogP contribution in [0, 0.1) is 5.92 Å². The number of rotatable bonds is 7. The summed E-state index contributed by atoms with van der Waals surface area (Å²) in [6, 6.07) is 16.5. The molecular formula is C28H34BrN5O2. The minimum absolute atomic E-state index is 0.0213. The molecular weight excluding hydrogens is 518 g/mol. The average molecular weight is 553 g/mol. The zero-order valence-corrected chi connectivity index (χ0v) is 22.4. The molecule has 2 fully saturated rings. The van der Waals surface area contributed by atoms with Gasteiger partial charge in [0.1, 0.15) is 0 Å². The van der Waals surface area contributed by atoms with Gasteiger partial charge >= 0.3 is 0 Å². The Kier molecular flexibility index (Phi) is 8.02. The SMILES string of the molecule is CC(NC(=O)C1CCCN(Cc2nc(-c3cccc(Br)c3)no2)C1)c1ccc(N2CCCCC2)cc1. The Balaban J connectivity index is 1.14. The van der Waals surface area contributed by atoms with Crippen molar-refractivity contribution in [3.05, 3.63) is 64.5 Å². The third-order valence-electron chi connectivity index (χ3n) is 7.26. The summed E-state index contributed by atoms with van der Waals surface area (Å²) in [6.45, 7) is 6.51. The fraction of sp³-hybridized carbons (Fsp3) is 0.464. The van der Waals surface area contributed by atoms with Crippen molar-refractivity contribution in [3.63, 3.8) is 0 Å². The van der Waals surface area contributed by atoms with E-state index in [-0.39, 0.29) is 17.9 Å². The molecule has 1 N–H and O–H groups in total. The van der Waals surface area contributed by atoms with Gasteiger partial charge in [-0.25, -0.2) is 0 Å². The molecule has 0 spiro atoms. The van der Waals surface area contributed by atoms with Crippen LogP contribution in [0.15, 0.2) is 57.5 Å². The van der Waals surface area contributed by atoms with Crippen LogP contribution in [0.2, 0.25) is 0 Å². The number of benzene rings is 2. The number of carbonyl (C=O) groups excluding carboxylic acids is 1. The van der Waals surface area contributed by atoms with Gasteiger partial charge in [-0.15, -0.1) is 0 Å². The maximum atomic E-state index is 13.1. The fourth-order valence-corrected chi connectivity index (χ4v) is 5.61. The van der Waals surface area contributed by atoms with Gasteiger partial charge in [-0.1, -0.05) is 45.4 Å². The molecule has 2 aliphatic heterocycles. The second-order valence-electron chi connectivity index (χ2n) is 9.97. The first kappa shape index (κ1) is 25.0. The summed E-state index contributed by atoms with van der Waals surface area (Å²) in [5.74, 6) is 1.24. The molecule has 0 radical (unpaired) electrons. The minimum atomic E-state index is -0.0405. The number of hydrogen-bond donors (Lipinski definition) is 1. The van der Waals surface area contributed by atoms with Crippen molar-refractivity contribution < 1.29 is 9.32 Å². The number of hydrogen-bond acceptors (Lipinski definition) is 6. The van der Waals surface area contributed by atoms with Crippen molar-refractivity contribution in [2.75, 3.05) is 31.1 Å². The van der Waals surface area contributed by atoms with E-state index in [2.05, 4.69) is 72.4 Å². The van der Waals surface area contributed by atoms with Crippen molar-refractivity contribution in [2.24, 2.45) is 5.92 Å². The largest absolute Gasteiger partial charge is 0.372 e. The quantitative estimate of drug-likeness (QED) is 0.413. The first-order valence-electron chi connectivity index (χ1n) is 13.0. The number of anilines is 1. The zero-order chi connectivity index (χ0) is 24.9. The molecule has 0 saturated carbocycles. The first-order valence-corrected chi connectivity index (χ1v) is 13.8. The third kappa shape index (κ3) is 6.16. The van der Waals surface area contributed by atoms with Crippen LogP contribution in [-0.4, -0.2) is 47.1 Å². The van der Waals surface area contributed by atoms with E-state index < -0.39 is 0 Å². The van der Waals surface area contributed by atoms with Gasteiger partial charge in [-0.05, 0) is 75.4 Å². The third-order valence-corrected chi connectivity index (χ3v) is 7.75. The van der Waals surface area contributed by atoms with E-state index in [4.69, 9.17) is 4.52 Å². The molecule has 0 aliphatic carbocycles. The lowest BCUT2D eigenvalue weighted by Gasteiger charge is -2.31. The van der Waals surface area contributed by atoms with Crippen molar-refractivity contribution >= 4 is 27.5 Å². The number of likely N-dealkylation sites (tertiary alicyclic amines) is 1. The topological polar surface area (TPSA) is 74.5 Å². The van der Waals surface area contributed by atoms with E-state index in [0.717, 1.165) is 48.1 Å². The highest BCUT2D eigenvalue weighted by molar-refractivity contribution is 9.10. The number of halogens is 1. The normalized spacial score (nSPS) is 19.7. The fourth-order valence-electron chi connectivity index (χ4n) is 5.21. The molecule has 7 nitrogen and oxygen atoms in total. The lowest BCUT2D eigenvalue weighted by Crippen LogP contribution is -2.43. The molecule has 1 amide bonds. The summed E-state index contributed by atoms with van der Waals surface area (Å²) in [6.07, 6.45) is 5.74. The van der Waals surface area contributed by atoms with E-state index in [0.29, 0.717) is 24.8 Å². The predicted octanol–water partition coefficient (Wildman–Crippen LogP) is 5.58. The monoisotopic (exact) mass is 551 g/mol. The Labute approximate surface area is 221 Å². The van der Waals surface area contributed by atoms with E-state index in [1.807, 2.05) is 24.3 Å².